The fraction of sp³-hybridized carbons (Fsp3) is 0.375. The van der Waals surface area contributed by atoms with Crippen molar-refractivity contribution < 1.29 is 42.8 Å². The van der Waals surface area contributed by atoms with E-state index in [2.05, 4.69) is 10.3 Å². The average Bonchev–Trinajstić information content (AvgIpc) is 3.36. The zero-order valence-corrected chi connectivity index (χ0v) is 19.6. The molecule has 10 nitrogen and oxygen atoms in total. The van der Waals surface area contributed by atoms with E-state index in [1.807, 2.05) is 0 Å². The topological polar surface area (TPSA) is 130 Å². The van der Waals surface area contributed by atoms with Crippen molar-refractivity contribution in [3.63, 3.8) is 0 Å². The molecule has 0 saturated carbocycles. The number of nitrogens with zero attached hydrogens (tertiary/aromatic N) is 4. The maximum absolute atomic E-state index is 13.8. The monoisotopic (exact) mass is 522 g/mol. The molecule has 1 amide bonds. The van der Waals surface area contributed by atoms with Crippen molar-refractivity contribution in [3.8, 4) is 11.3 Å². The van der Waals surface area contributed by atoms with Gasteiger partial charge in [-0.25, -0.2) is 17.9 Å². The summed E-state index contributed by atoms with van der Waals surface area (Å²) in [5.41, 5.74) is 0.424. The Labute approximate surface area is 209 Å². The smallest absolute Gasteiger partial charge is 0.256 e. The molecule has 0 bridgehead atoms. The van der Waals surface area contributed by atoms with Gasteiger partial charge >= 0.3 is 0 Å². The predicted molar refractivity (Wildman–Crippen MR) is 121 cm³/mol. The molecule has 0 unspecified atom stereocenters. The van der Waals surface area contributed by atoms with Gasteiger partial charge in [0.05, 0.1) is 19.4 Å². The number of aliphatic hydroxyl groups excluding tert-OH is 3. The molecule has 1 aliphatic heterocycles. The number of benzene rings is 2. The largest absolute Gasteiger partial charge is 0.394 e. The third kappa shape index (κ3) is 5.50. The van der Waals surface area contributed by atoms with Crippen molar-refractivity contribution in [2.24, 2.45) is 0 Å². The lowest BCUT2D eigenvalue weighted by Crippen LogP contribution is -2.62. The number of carbonyl (C=O) groups is 1. The summed E-state index contributed by atoms with van der Waals surface area (Å²) in [5.74, 6) is -3.69. The second-order valence-electron chi connectivity index (χ2n) is 8.43. The molecule has 3 aromatic rings. The number of aromatic nitrogens is 3. The SMILES string of the molecule is COCCN(C(=O)c1ccc(F)c(F)c1)[C@@H]1O[C@H](CO)[C@H](O)[C@H](n2cc(-c3cccc(F)c3)nn2)[C@H]1O. The number of ether oxygens (including phenoxy) is 2. The average molecular weight is 522 g/mol. The lowest BCUT2D eigenvalue weighted by molar-refractivity contribution is -0.239. The molecule has 0 aliphatic carbocycles. The Morgan fingerprint density at radius 1 is 1.14 bits per heavy atom. The Hall–Kier alpha value is -3.36. The summed E-state index contributed by atoms with van der Waals surface area (Å²) >= 11 is 0. The van der Waals surface area contributed by atoms with Crippen LogP contribution in [0.4, 0.5) is 13.2 Å². The van der Waals surface area contributed by atoms with Crippen LogP contribution < -0.4 is 0 Å². The Morgan fingerprint density at radius 3 is 2.59 bits per heavy atom. The van der Waals surface area contributed by atoms with Crippen molar-refractivity contribution in [2.45, 2.75) is 30.6 Å². The highest BCUT2D eigenvalue weighted by Gasteiger charge is 2.49. The molecule has 3 N–H and O–H groups in total. The Kier molecular flexibility index (Phi) is 8.19. The van der Waals surface area contributed by atoms with Crippen LogP contribution in [0, 0.1) is 17.5 Å². The van der Waals surface area contributed by atoms with Gasteiger partial charge in [0, 0.05) is 24.8 Å². The lowest BCUT2D eigenvalue weighted by atomic mass is 9.94. The van der Waals surface area contributed by atoms with Crippen molar-refractivity contribution >= 4 is 5.91 Å². The van der Waals surface area contributed by atoms with Gasteiger partial charge in [0.25, 0.3) is 5.91 Å². The first-order chi connectivity index (χ1) is 17.7. The first kappa shape index (κ1) is 26.7. The fourth-order valence-electron chi connectivity index (χ4n) is 4.18. The standard InChI is InChI=1S/C24H25F3N4O6/c1-36-8-7-30(23(35)14-5-6-16(26)17(27)10-14)24-22(34)20(21(33)19(12-32)37-24)31-11-18(28-29-31)13-3-2-4-15(25)9-13/h2-6,9-11,19-22,24,32-34H,7-8,12H2,1H3/t19-,20+,21+,22-,24-/m1/s1. The lowest BCUT2D eigenvalue weighted by Gasteiger charge is -2.46. The molecule has 2 heterocycles. The fourth-order valence-corrected chi connectivity index (χ4v) is 4.18. The number of rotatable bonds is 8. The van der Waals surface area contributed by atoms with Gasteiger partial charge in [-0.3, -0.25) is 4.79 Å². The van der Waals surface area contributed by atoms with E-state index in [0.29, 0.717) is 11.6 Å². The molecular formula is C24H25F3N4O6. The van der Waals surface area contributed by atoms with Gasteiger partial charge in [-0.1, -0.05) is 17.3 Å². The number of halogens is 3. The summed E-state index contributed by atoms with van der Waals surface area (Å²) < 4.78 is 52.8. The van der Waals surface area contributed by atoms with E-state index in [1.54, 1.807) is 6.07 Å². The molecule has 1 aliphatic rings. The number of aliphatic hydroxyl groups is 3. The van der Waals surface area contributed by atoms with Crippen molar-refractivity contribution in [2.75, 3.05) is 26.9 Å². The van der Waals surface area contributed by atoms with E-state index in [9.17, 15) is 33.3 Å². The minimum absolute atomic E-state index is 0.00788. The minimum Gasteiger partial charge on any atom is -0.394 e. The molecule has 0 radical (unpaired) electrons. The summed E-state index contributed by atoms with van der Waals surface area (Å²) in [5, 5.41) is 39.9. The van der Waals surface area contributed by atoms with Gasteiger partial charge in [0.15, 0.2) is 17.9 Å². The van der Waals surface area contributed by atoms with Gasteiger partial charge in [0.1, 0.15) is 35.9 Å². The molecule has 1 aromatic heterocycles. The number of amides is 1. The summed E-state index contributed by atoms with van der Waals surface area (Å²) in [6.07, 6.45) is -4.45. The zero-order valence-electron chi connectivity index (χ0n) is 19.6. The van der Waals surface area contributed by atoms with Crippen LogP contribution in [-0.2, 0) is 9.47 Å². The predicted octanol–water partition coefficient (Wildman–Crippen LogP) is 1.13. The molecule has 5 atom stereocenters. The number of hydrogen-bond donors (Lipinski definition) is 3. The van der Waals surface area contributed by atoms with Gasteiger partial charge in [-0.15, -0.1) is 5.10 Å². The second kappa shape index (κ2) is 11.4. The van der Waals surface area contributed by atoms with E-state index < -0.39 is 60.5 Å². The van der Waals surface area contributed by atoms with Crippen molar-refractivity contribution in [1.29, 1.82) is 0 Å². The van der Waals surface area contributed by atoms with Gasteiger partial charge in [-0.05, 0) is 30.3 Å². The second-order valence-corrected chi connectivity index (χ2v) is 8.43. The summed E-state index contributed by atoms with van der Waals surface area (Å²) in [4.78, 5) is 14.3. The summed E-state index contributed by atoms with van der Waals surface area (Å²) in [6, 6.07) is 6.90. The maximum atomic E-state index is 13.8. The van der Waals surface area contributed by atoms with Gasteiger partial charge in [-0.2, -0.15) is 0 Å². The quantitative estimate of drug-likeness (QED) is 0.402. The van der Waals surface area contributed by atoms with Crippen LogP contribution >= 0.6 is 0 Å². The minimum atomic E-state index is -1.62. The third-order valence-electron chi connectivity index (χ3n) is 6.07. The van der Waals surface area contributed by atoms with E-state index in [4.69, 9.17) is 9.47 Å². The Bertz CT molecular complexity index is 1240. The molecule has 13 heteroatoms. The molecule has 198 valence electrons. The van der Waals surface area contributed by atoms with E-state index in [-0.39, 0.29) is 24.4 Å². The highest BCUT2D eigenvalue weighted by atomic mass is 19.2. The van der Waals surface area contributed by atoms with Crippen LogP contribution in [0.5, 0.6) is 0 Å². The van der Waals surface area contributed by atoms with Crippen molar-refractivity contribution in [1.82, 2.24) is 19.9 Å². The molecule has 1 fully saturated rings. The molecule has 37 heavy (non-hydrogen) atoms. The molecular weight excluding hydrogens is 497 g/mol. The van der Waals surface area contributed by atoms with Crippen LogP contribution in [0.1, 0.15) is 16.4 Å². The third-order valence-corrected chi connectivity index (χ3v) is 6.07. The molecule has 1 saturated heterocycles. The van der Waals surface area contributed by atoms with E-state index in [1.165, 1.54) is 31.5 Å². The van der Waals surface area contributed by atoms with Crippen molar-refractivity contribution in [3.05, 3.63) is 71.7 Å². The first-order valence-electron chi connectivity index (χ1n) is 11.3. The molecule has 4 rings (SSSR count). The number of methoxy groups -OCH3 is 1. The summed E-state index contributed by atoms with van der Waals surface area (Å²) in [6.45, 7) is -0.821. The number of hydrogen-bond acceptors (Lipinski definition) is 8. The van der Waals surface area contributed by atoms with Crippen LogP contribution in [0.2, 0.25) is 0 Å². The first-order valence-corrected chi connectivity index (χ1v) is 11.3. The van der Waals surface area contributed by atoms with Crippen LogP contribution in [0.15, 0.2) is 48.7 Å². The van der Waals surface area contributed by atoms with Crippen LogP contribution in [-0.4, -0.2) is 92.5 Å². The maximum Gasteiger partial charge on any atom is 0.256 e. The van der Waals surface area contributed by atoms with E-state index in [0.717, 1.165) is 21.7 Å². The van der Waals surface area contributed by atoms with Gasteiger partial charge in [0.2, 0.25) is 0 Å². The highest BCUT2D eigenvalue weighted by Crippen LogP contribution is 2.33. The Morgan fingerprint density at radius 2 is 1.92 bits per heavy atom. The van der Waals surface area contributed by atoms with Crippen LogP contribution in [0.25, 0.3) is 11.3 Å². The van der Waals surface area contributed by atoms with E-state index >= 15 is 0 Å². The highest BCUT2D eigenvalue weighted by molar-refractivity contribution is 5.94. The zero-order chi connectivity index (χ0) is 26.7. The van der Waals surface area contributed by atoms with Gasteiger partial charge < -0.3 is 29.7 Å². The molecule has 2 aromatic carbocycles. The Balaban J connectivity index is 1.69. The number of carbonyl (C=O) groups excluding carboxylic acids is 1. The van der Waals surface area contributed by atoms with Crippen LogP contribution in [0.3, 0.4) is 0 Å². The summed E-state index contributed by atoms with van der Waals surface area (Å²) in [7, 11) is 1.38. The normalized spacial score (nSPS) is 23.7. The molecule has 0 spiro atoms.